The number of benzene rings is 2. The Bertz CT molecular complexity index is 1320. The summed E-state index contributed by atoms with van der Waals surface area (Å²) < 4.78 is 26.8. The molecule has 1 N–H and O–H groups in total. The molecule has 2 aromatic carbocycles. The molecule has 0 bridgehead atoms. The number of nitrogens with one attached hydrogen (secondary N) is 1. The molecule has 1 heterocycles. The predicted octanol–water partition coefficient (Wildman–Crippen LogP) is 5.31. The molecule has 210 valence electrons. The second kappa shape index (κ2) is 12.8. The van der Waals surface area contributed by atoms with E-state index in [-0.39, 0.29) is 35.6 Å². The van der Waals surface area contributed by atoms with E-state index >= 15 is 0 Å². The number of cyclic esters (lactones) is 1. The summed E-state index contributed by atoms with van der Waals surface area (Å²) in [6, 6.07) is 2.76. The van der Waals surface area contributed by atoms with Gasteiger partial charge < -0.3 is 33.9 Å². The van der Waals surface area contributed by atoms with Gasteiger partial charge in [-0.25, -0.2) is 9.59 Å². The highest BCUT2D eigenvalue weighted by atomic mass is 35.5. The largest absolute Gasteiger partial charge is 0.496 e. The number of urea groups is 1. The smallest absolute Gasteiger partial charge is 0.341 e. The molecule has 0 radical (unpaired) electrons. The van der Waals surface area contributed by atoms with Crippen LogP contribution in [0.25, 0.3) is 0 Å². The van der Waals surface area contributed by atoms with Crippen molar-refractivity contribution in [2.75, 3.05) is 40.7 Å². The van der Waals surface area contributed by atoms with Gasteiger partial charge >= 0.3 is 18.0 Å². The minimum atomic E-state index is -0.497. The number of ether oxygens (including phenoxy) is 5. The molecule has 0 atom stereocenters. The summed E-state index contributed by atoms with van der Waals surface area (Å²) in [5, 5.41) is 2.98. The fourth-order valence-corrected chi connectivity index (χ4v) is 4.48. The van der Waals surface area contributed by atoms with Gasteiger partial charge in [-0.1, -0.05) is 23.3 Å². The number of methoxy groups -OCH3 is 3. The van der Waals surface area contributed by atoms with E-state index in [2.05, 4.69) is 5.32 Å². The highest BCUT2D eigenvalue weighted by Crippen LogP contribution is 2.42. The van der Waals surface area contributed by atoms with Crippen molar-refractivity contribution in [3.8, 4) is 23.0 Å². The van der Waals surface area contributed by atoms with Crippen molar-refractivity contribution < 1.29 is 38.1 Å². The maximum absolute atomic E-state index is 12.6. The van der Waals surface area contributed by atoms with Gasteiger partial charge in [0.1, 0.15) is 17.4 Å². The van der Waals surface area contributed by atoms with E-state index in [1.54, 1.807) is 33.3 Å². The first-order valence-electron chi connectivity index (χ1n) is 12.2. The van der Waals surface area contributed by atoms with Crippen molar-refractivity contribution in [2.45, 2.75) is 39.7 Å². The third kappa shape index (κ3) is 6.39. The highest BCUT2D eigenvalue weighted by Gasteiger charge is 2.33. The molecule has 0 aliphatic carbocycles. The third-order valence-corrected chi connectivity index (χ3v) is 6.72. The van der Waals surface area contributed by atoms with Crippen LogP contribution in [-0.4, -0.2) is 58.3 Å². The first-order chi connectivity index (χ1) is 18.5. The van der Waals surface area contributed by atoms with Gasteiger partial charge in [0.2, 0.25) is 0 Å². The van der Waals surface area contributed by atoms with E-state index in [9.17, 15) is 14.4 Å². The zero-order chi connectivity index (χ0) is 28.9. The number of esters is 2. The number of amides is 2. The monoisotopic (exact) mass is 560 g/mol. The van der Waals surface area contributed by atoms with E-state index in [4.69, 9.17) is 35.3 Å². The Morgan fingerprint density at radius 1 is 1.08 bits per heavy atom. The first-order valence-corrected chi connectivity index (χ1v) is 12.6. The zero-order valence-electron chi connectivity index (χ0n) is 23.2. The van der Waals surface area contributed by atoms with Crippen LogP contribution in [0.3, 0.4) is 0 Å². The molecule has 1 aliphatic heterocycles. The lowest BCUT2D eigenvalue weighted by Gasteiger charge is -2.21. The molecule has 39 heavy (non-hydrogen) atoms. The molecule has 0 saturated heterocycles. The summed E-state index contributed by atoms with van der Waals surface area (Å²) in [4.78, 5) is 39.1. The normalized spacial score (nSPS) is 12.4. The van der Waals surface area contributed by atoms with Crippen molar-refractivity contribution in [2.24, 2.45) is 0 Å². The Kier molecular flexibility index (Phi) is 9.69. The Labute approximate surface area is 232 Å². The summed E-state index contributed by atoms with van der Waals surface area (Å²) in [6.45, 7) is 3.85. The molecule has 10 nitrogen and oxygen atoms in total. The average molecular weight is 561 g/mol. The van der Waals surface area contributed by atoms with Crippen LogP contribution in [0.15, 0.2) is 23.8 Å². The standard InChI is InChI=1S/C28H33ClN2O8/c1-15(9-13-21(32)39-19-11-12-20(35-5)26(37-7)23(19)29)8-10-17-24(30-28(34)31(3)4)22-18(14-38-27(22)33)16(2)25(17)36-6/h8,11-12H,9-10,13-14H2,1-7H3,(H,30,34). The molecule has 0 saturated carbocycles. The van der Waals surface area contributed by atoms with Crippen molar-refractivity contribution in [1.82, 2.24) is 4.90 Å². The molecule has 3 rings (SSSR count). The number of anilines is 1. The van der Waals surface area contributed by atoms with Gasteiger partial charge in [-0.3, -0.25) is 4.79 Å². The predicted molar refractivity (Wildman–Crippen MR) is 146 cm³/mol. The lowest BCUT2D eigenvalue weighted by Crippen LogP contribution is -2.29. The van der Waals surface area contributed by atoms with Crippen LogP contribution in [0.5, 0.6) is 23.0 Å². The van der Waals surface area contributed by atoms with Gasteiger partial charge in [-0.15, -0.1) is 0 Å². The number of fused-ring (bicyclic) bond motifs is 1. The summed E-state index contributed by atoms with van der Waals surface area (Å²) in [7, 11) is 7.69. The van der Waals surface area contributed by atoms with E-state index < -0.39 is 11.9 Å². The van der Waals surface area contributed by atoms with Gasteiger partial charge in [0, 0.05) is 31.6 Å². The molecule has 1 aliphatic rings. The number of carbonyl (C=O) groups is 3. The fraction of sp³-hybridized carbons (Fsp3) is 0.393. The third-order valence-electron chi connectivity index (χ3n) is 6.37. The minimum Gasteiger partial charge on any atom is -0.496 e. The number of rotatable bonds is 10. The van der Waals surface area contributed by atoms with Gasteiger partial charge in [0.15, 0.2) is 17.2 Å². The Balaban J connectivity index is 1.80. The van der Waals surface area contributed by atoms with Gasteiger partial charge in [-0.2, -0.15) is 0 Å². The maximum Gasteiger partial charge on any atom is 0.341 e. The van der Waals surface area contributed by atoms with Crippen LogP contribution >= 0.6 is 11.6 Å². The number of halogens is 1. The van der Waals surface area contributed by atoms with Crippen molar-refractivity contribution in [3.63, 3.8) is 0 Å². The topological polar surface area (TPSA) is 113 Å². The van der Waals surface area contributed by atoms with E-state index in [0.717, 1.165) is 11.1 Å². The Morgan fingerprint density at radius 2 is 1.74 bits per heavy atom. The highest BCUT2D eigenvalue weighted by molar-refractivity contribution is 6.34. The van der Waals surface area contributed by atoms with Crippen LogP contribution in [0.4, 0.5) is 10.5 Å². The van der Waals surface area contributed by atoms with Crippen LogP contribution in [0.2, 0.25) is 5.02 Å². The van der Waals surface area contributed by atoms with Crippen LogP contribution in [0.1, 0.15) is 46.8 Å². The Morgan fingerprint density at radius 3 is 2.36 bits per heavy atom. The minimum absolute atomic E-state index is 0.101. The van der Waals surface area contributed by atoms with Crippen LogP contribution in [-0.2, 0) is 22.6 Å². The Hall–Kier alpha value is -3.92. The van der Waals surface area contributed by atoms with Crippen molar-refractivity contribution in [1.29, 1.82) is 0 Å². The number of hydrogen-bond acceptors (Lipinski definition) is 8. The van der Waals surface area contributed by atoms with Crippen molar-refractivity contribution >= 4 is 35.3 Å². The molecule has 2 amide bonds. The quantitative estimate of drug-likeness (QED) is 0.236. The SMILES string of the molecule is COc1ccc(OC(=O)CCC(C)=CCc2c(NC(=O)N(C)C)c3c(c(C)c2OC)COC3=O)c(Cl)c1OC. The van der Waals surface area contributed by atoms with Gasteiger partial charge in [0.25, 0.3) is 0 Å². The molecule has 11 heteroatoms. The molecule has 2 aromatic rings. The van der Waals surface area contributed by atoms with E-state index in [0.29, 0.717) is 46.7 Å². The molecular formula is C28H33ClN2O8. The summed E-state index contributed by atoms with van der Waals surface area (Å²) in [5.74, 6) is 0.473. The second-order valence-electron chi connectivity index (χ2n) is 9.11. The summed E-state index contributed by atoms with van der Waals surface area (Å²) in [6.07, 6.45) is 2.78. The van der Waals surface area contributed by atoms with Gasteiger partial charge in [0.05, 0.1) is 32.6 Å². The van der Waals surface area contributed by atoms with E-state index in [1.165, 1.54) is 19.1 Å². The summed E-state index contributed by atoms with van der Waals surface area (Å²) >= 11 is 6.31. The molecular weight excluding hydrogens is 528 g/mol. The number of nitrogens with zero attached hydrogens (tertiary/aromatic N) is 1. The number of hydrogen-bond donors (Lipinski definition) is 1. The molecule has 0 aromatic heterocycles. The zero-order valence-corrected chi connectivity index (χ0v) is 23.9. The van der Waals surface area contributed by atoms with Crippen LogP contribution < -0.4 is 24.3 Å². The summed E-state index contributed by atoms with van der Waals surface area (Å²) in [5.41, 5.74) is 3.70. The number of allylic oxidation sites excluding steroid dienone is 2. The molecule has 0 unspecified atom stereocenters. The van der Waals surface area contributed by atoms with Crippen molar-refractivity contribution in [3.05, 3.63) is 51.1 Å². The second-order valence-corrected chi connectivity index (χ2v) is 9.49. The lowest BCUT2D eigenvalue weighted by molar-refractivity contribution is -0.134. The first kappa shape index (κ1) is 29.6. The average Bonchev–Trinajstić information content (AvgIpc) is 3.30. The lowest BCUT2D eigenvalue weighted by atomic mass is 9.93. The number of carbonyl (C=O) groups excluding carboxylic acids is 3. The van der Waals surface area contributed by atoms with E-state index in [1.807, 2.05) is 19.9 Å². The maximum atomic E-state index is 12.6. The van der Waals surface area contributed by atoms with Crippen LogP contribution in [0, 0.1) is 6.92 Å². The molecule has 0 spiro atoms. The van der Waals surface area contributed by atoms with Gasteiger partial charge in [-0.05, 0) is 44.4 Å². The molecule has 0 fully saturated rings. The fourth-order valence-electron chi connectivity index (χ4n) is 4.21.